The number of hydrogen-bond donors (Lipinski definition) is 1. The molecule has 0 amide bonds. The lowest BCUT2D eigenvalue weighted by molar-refractivity contribution is 0.429. The van der Waals surface area contributed by atoms with Gasteiger partial charge in [0.25, 0.3) is 0 Å². The average molecular weight is 247 g/mol. The fraction of sp³-hybridized carbons (Fsp3) is 0.333. The molecule has 1 aromatic heterocycles. The van der Waals surface area contributed by atoms with E-state index in [1.54, 1.807) is 6.26 Å². The molecule has 0 saturated heterocycles. The molecule has 3 heteroatoms. The van der Waals surface area contributed by atoms with E-state index >= 15 is 0 Å². The van der Waals surface area contributed by atoms with Crippen LogP contribution in [0.25, 0.3) is 0 Å². The predicted molar refractivity (Wildman–Crippen MR) is 69.8 cm³/mol. The lowest BCUT2D eigenvalue weighted by Gasteiger charge is -2.19. The van der Waals surface area contributed by atoms with Gasteiger partial charge in [-0.05, 0) is 43.7 Å². The molecule has 0 aliphatic rings. The zero-order valence-corrected chi connectivity index (χ0v) is 10.7. The Labute approximate surface area is 107 Å². The Hall–Kier alpha value is -1.61. The smallest absolute Gasteiger partial charge is 0.123 e. The molecule has 0 fully saturated rings. The minimum absolute atomic E-state index is 0.190. The molecule has 1 N–H and O–H groups in total. The Morgan fingerprint density at radius 1 is 1.17 bits per heavy atom. The first-order valence-corrected chi connectivity index (χ1v) is 6.19. The highest BCUT2D eigenvalue weighted by molar-refractivity contribution is 5.19. The number of rotatable bonds is 5. The summed E-state index contributed by atoms with van der Waals surface area (Å²) in [6.45, 7) is 4.19. The number of hydrogen-bond acceptors (Lipinski definition) is 2. The molecule has 2 nitrogen and oxygen atoms in total. The van der Waals surface area contributed by atoms with Crippen molar-refractivity contribution in [3.63, 3.8) is 0 Å². The first-order chi connectivity index (χ1) is 8.65. The zero-order valence-electron chi connectivity index (χ0n) is 10.7. The Morgan fingerprint density at radius 3 is 2.50 bits per heavy atom. The van der Waals surface area contributed by atoms with Gasteiger partial charge in [0.15, 0.2) is 0 Å². The molecule has 2 aromatic rings. The van der Waals surface area contributed by atoms with E-state index in [4.69, 9.17) is 4.42 Å². The fourth-order valence-corrected chi connectivity index (χ4v) is 2.06. The molecular weight excluding hydrogens is 229 g/mol. The standard InChI is InChI=1S/C15H18FNO/c1-11(10-15-4-3-9-18-15)17-12(2)13-5-7-14(16)8-6-13/h3-9,11-12,17H,10H2,1-2H3/t11?,12-/m0/s1. The molecule has 18 heavy (non-hydrogen) atoms. The molecule has 0 bridgehead atoms. The van der Waals surface area contributed by atoms with Crippen molar-refractivity contribution in [2.45, 2.75) is 32.4 Å². The molecule has 2 rings (SSSR count). The molecular formula is C15H18FNO. The molecule has 0 radical (unpaired) electrons. The monoisotopic (exact) mass is 247 g/mol. The normalized spacial score (nSPS) is 14.4. The first-order valence-electron chi connectivity index (χ1n) is 6.19. The van der Waals surface area contributed by atoms with E-state index in [1.807, 2.05) is 24.3 Å². The molecule has 0 saturated carbocycles. The molecule has 1 heterocycles. The van der Waals surface area contributed by atoms with Crippen molar-refractivity contribution in [1.82, 2.24) is 5.32 Å². The summed E-state index contributed by atoms with van der Waals surface area (Å²) in [5, 5.41) is 3.47. The van der Waals surface area contributed by atoms with Crippen LogP contribution in [-0.2, 0) is 6.42 Å². The average Bonchev–Trinajstić information content (AvgIpc) is 2.82. The SMILES string of the molecule is CC(Cc1ccco1)N[C@@H](C)c1ccc(F)cc1. The molecule has 0 spiro atoms. The summed E-state index contributed by atoms with van der Waals surface area (Å²) in [5.41, 5.74) is 1.09. The maximum absolute atomic E-state index is 12.8. The van der Waals surface area contributed by atoms with Gasteiger partial charge in [0, 0.05) is 18.5 Å². The number of furan rings is 1. The van der Waals surface area contributed by atoms with Gasteiger partial charge >= 0.3 is 0 Å². The van der Waals surface area contributed by atoms with Crippen molar-refractivity contribution >= 4 is 0 Å². The van der Waals surface area contributed by atoms with Crippen molar-refractivity contribution in [1.29, 1.82) is 0 Å². The summed E-state index contributed by atoms with van der Waals surface area (Å²) in [6, 6.07) is 11.0. The Balaban J connectivity index is 1.90. The van der Waals surface area contributed by atoms with Gasteiger partial charge in [0.1, 0.15) is 11.6 Å². The van der Waals surface area contributed by atoms with Crippen molar-refractivity contribution in [3.8, 4) is 0 Å². The quantitative estimate of drug-likeness (QED) is 0.871. The topological polar surface area (TPSA) is 25.2 Å². The van der Waals surface area contributed by atoms with Gasteiger partial charge < -0.3 is 9.73 Å². The largest absolute Gasteiger partial charge is 0.469 e. The van der Waals surface area contributed by atoms with Gasteiger partial charge in [-0.1, -0.05) is 12.1 Å². The maximum atomic E-state index is 12.8. The van der Waals surface area contributed by atoms with E-state index in [1.165, 1.54) is 12.1 Å². The second-order valence-electron chi connectivity index (χ2n) is 4.62. The van der Waals surface area contributed by atoms with Gasteiger partial charge in [0.05, 0.1) is 6.26 Å². The third-order valence-electron chi connectivity index (χ3n) is 2.99. The Bertz CT molecular complexity index is 464. The van der Waals surface area contributed by atoms with Crippen LogP contribution in [0.5, 0.6) is 0 Å². The van der Waals surface area contributed by atoms with Gasteiger partial charge in [0.2, 0.25) is 0 Å². The Morgan fingerprint density at radius 2 is 1.89 bits per heavy atom. The zero-order chi connectivity index (χ0) is 13.0. The van der Waals surface area contributed by atoms with E-state index < -0.39 is 0 Å². The summed E-state index contributed by atoms with van der Waals surface area (Å²) in [6.07, 6.45) is 2.53. The van der Waals surface area contributed by atoms with Crippen LogP contribution in [0.3, 0.4) is 0 Å². The number of benzene rings is 1. The van der Waals surface area contributed by atoms with E-state index in [-0.39, 0.29) is 11.9 Å². The molecule has 0 aliphatic heterocycles. The van der Waals surface area contributed by atoms with Crippen molar-refractivity contribution in [2.24, 2.45) is 0 Å². The minimum atomic E-state index is -0.199. The van der Waals surface area contributed by atoms with E-state index in [2.05, 4.69) is 19.2 Å². The first kappa shape index (κ1) is 12.8. The highest BCUT2D eigenvalue weighted by Gasteiger charge is 2.11. The van der Waals surface area contributed by atoms with Crippen molar-refractivity contribution in [3.05, 3.63) is 59.8 Å². The van der Waals surface area contributed by atoms with Crippen LogP contribution in [0, 0.1) is 5.82 Å². The third kappa shape index (κ3) is 3.44. The van der Waals surface area contributed by atoms with Crippen LogP contribution in [0.15, 0.2) is 47.1 Å². The van der Waals surface area contributed by atoms with Gasteiger partial charge in [-0.3, -0.25) is 0 Å². The summed E-state index contributed by atoms with van der Waals surface area (Å²) in [4.78, 5) is 0. The van der Waals surface area contributed by atoms with Crippen LogP contribution in [0.2, 0.25) is 0 Å². The number of nitrogens with one attached hydrogen (secondary N) is 1. The fourth-order valence-electron chi connectivity index (χ4n) is 2.06. The van der Waals surface area contributed by atoms with Crippen LogP contribution < -0.4 is 5.32 Å². The predicted octanol–water partition coefficient (Wildman–Crippen LogP) is 3.70. The lowest BCUT2D eigenvalue weighted by Crippen LogP contribution is -2.30. The van der Waals surface area contributed by atoms with Gasteiger partial charge in [-0.15, -0.1) is 0 Å². The third-order valence-corrected chi connectivity index (χ3v) is 2.99. The van der Waals surface area contributed by atoms with Crippen LogP contribution in [-0.4, -0.2) is 6.04 Å². The number of halogens is 1. The van der Waals surface area contributed by atoms with Crippen LogP contribution in [0.1, 0.15) is 31.2 Å². The maximum Gasteiger partial charge on any atom is 0.123 e. The second-order valence-corrected chi connectivity index (χ2v) is 4.62. The van der Waals surface area contributed by atoms with Gasteiger partial charge in [-0.2, -0.15) is 0 Å². The Kier molecular flexibility index (Phi) is 4.15. The minimum Gasteiger partial charge on any atom is -0.469 e. The lowest BCUT2D eigenvalue weighted by atomic mass is 10.1. The van der Waals surface area contributed by atoms with E-state index in [0.29, 0.717) is 6.04 Å². The molecule has 96 valence electrons. The van der Waals surface area contributed by atoms with Crippen molar-refractivity contribution < 1.29 is 8.81 Å². The molecule has 2 atom stereocenters. The highest BCUT2D eigenvalue weighted by atomic mass is 19.1. The molecule has 1 aromatic carbocycles. The second kappa shape index (κ2) is 5.83. The molecule has 0 aliphatic carbocycles. The van der Waals surface area contributed by atoms with Crippen LogP contribution >= 0.6 is 0 Å². The van der Waals surface area contributed by atoms with Crippen LogP contribution in [0.4, 0.5) is 4.39 Å². The summed E-state index contributed by atoms with van der Waals surface area (Å²) in [5.74, 6) is 0.774. The van der Waals surface area contributed by atoms with E-state index in [9.17, 15) is 4.39 Å². The highest BCUT2D eigenvalue weighted by Crippen LogP contribution is 2.14. The molecule has 1 unspecified atom stereocenters. The summed E-state index contributed by atoms with van der Waals surface area (Å²) < 4.78 is 18.1. The van der Waals surface area contributed by atoms with E-state index in [0.717, 1.165) is 17.7 Å². The summed E-state index contributed by atoms with van der Waals surface area (Å²) in [7, 11) is 0. The van der Waals surface area contributed by atoms with Crippen molar-refractivity contribution in [2.75, 3.05) is 0 Å². The van der Waals surface area contributed by atoms with Gasteiger partial charge in [-0.25, -0.2) is 4.39 Å². The summed E-state index contributed by atoms with van der Waals surface area (Å²) >= 11 is 0.